The van der Waals surface area contributed by atoms with E-state index in [9.17, 15) is 4.79 Å². The van der Waals surface area contributed by atoms with E-state index in [4.69, 9.17) is 11.6 Å². The quantitative estimate of drug-likeness (QED) is 0.894. The Morgan fingerprint density at radius 1 is 1.39 bits per heavy atom. The molecule has 1 heterocycles. The molecule has 4 nitrogen and oxygen atoms in total. The number of nitrogens with zero attached hydrogens (tertiary/aromatic N) is 2. The molecule has 0 aromatic heterocycles. The molecule has 1 aliphatic rings. The fourth-order valence-electron chi connectivity index (χ4n) is 2.21. The Hall–Kier alpha value is -1.10. The molecule has 0 spiro atoms. The highest BCUT2D eigenvalue weighted by Gasteiger charge is 2.29. The molecule has 1 fully saturated rings. The second-order valence-electron chi connectivity index (χ2n) is 4.61. The SMILES string of the molecule is CNCC1CN(c2ccc(Cl)cc2)C(=O)CN1C. The van der Waals surface area contributed by atoms with Gasteiger partial charge in [-0.3, -0.25) is 9.69 Å². The normalized spacial score (nSPS) is 21.4. The van der Waals surface area contributed by atoms with Crippen LogP contribution in [0.4, 0.5) is 5.69 Å². The molecule has 1 unspecified atom stereocenters. The minimum Gasteiger partial charge on any atom is -0.318 e. The second-order valence-corrected chi connectivity index (χ2v) is 5.04. The molecule has 1 aliphatic heterocycles. The van der Waals surface area contributed by atoms with Crippen molar-refractivity contribution in [3.63, 3.8) is 0 Å². The van der Waals surface area contributed by atoms with Gasteiger partial charge in [0, 0.05) is 29.8 Å². The number of rotatable bonds is 3. The molecule has 1 aromatic carbocycles. The first-order valence-electron chi connectivity index (χ1n) is 6.02. The summed E-state index contributed by atoms with van der Waals surface area (Å²) in [6.07, 6.45) is 0. The molecule has 0 bridgehead atoms. The summed E-state index contributed by atoms with van der Waals surface area (Å²) in [6, 6.07) is 7.75. The van der Waals surface area contributed by atoms with Crippen molar-refractivity contribution in [2.45, 2.75) is 6.04 Å². The van der Waals surface area contributed by atoms with E-state index in [0.29, 0.717) is 24.2 Å². The summed E-state index contributed by atoms with van der Waals surface area (Å²) in [5.41, 5.74) is 0.915. The highest BCUT2D eigenvalue weighted by Crippen LogP contribution is 2.21. The van der Waals surface area contributed by atoms with Crippen molar-refractivity contribution in [2.75, 3.05) is 38.6 Å². The number of hydrogen-bond acceptors (Lipinski definition) is 3. The Balaban J connectivity index is 2.16. The lowest BCUT2D eigenvalue weighted by Crippen LogP contribution is -2.57. The standard InChI is InChI=1S/C13H18ClN3O/c1-15-7-12-8-17(13(18)9-16(12)2)11-5-3-10(14)4-6-11/h3-6,12,15H,7-9H2,1-2H3. The van der Waals surface area contributed by atoms with Crippen LogP contribution in [0.3, 0.4) is 0 Å². The van der Waals surface area contributed by atoms with Gasteiger partial charge in [-0.1, -0.05) is 11.6 Å². The van der Waals surface area contributed by atoms with Gasteiger partial charge in [0.2, 0.25) is 5.91 Å². The fourth-order valence-corrected chi connectivity index (χ4v) is 2.33. The molecule has 18 heavy (non-hydrogen) atoms. The van der Waals surface area contributed by atoms with Gasteiger partial charge in [0.25, 0.3) is 0 Å². The van der Waals surface area contributed by atoms with Gasteiger partial charge in [-0.2, -0.15) is 0 Å². The zero-order valence-electron chi connectivity index (χ0n) is 10.7. The van der Waals surface area contributed by atoms with Crippen LogP contribution in [0.5, 0.6) is 0 Å². The number of amides is 1. The number of benzene rings is 1. The first-order chi connectivity index (χ1) is 8.61. The first-order valence-corrected chi connectivity index (χ1v) is 6.40. The number of carbonyl (C=O) groups excluding carboxylic acids is 1. The van der Waals surface area contributed by atoms with Gasteiger partial charge in [-0.25, -0.2) is 0 Å². The van der Waals surface area contributed by atoms with Crippen LogP contribution < -0.4 is 10.2 Å². The van der Waals surface area contributed by atoms with E-state index in [1.807, 2.05) is 43.3 Å². The molecule has 0 saturated carbocycles. The molecule has 98 valence electrons. The molecule has 1 N–H and O–H groups in total. The van der Waals surface area contributed by atoms with Gasteiger partial charge in [-0.15, -0.1) is 0 Å². The van der Waals surface area contributed by atoms with Crippen LogP contribution in [0.15, 0.2) is 24.3 Å². The zero-order chi connectivity index (χ0) is 13.1. The van der Waals surface area contributed by atoms with Crippen LogP contribution >= 0.6 is 11.6 Å². The molecule has 0 radical (unpaired) electrons. The summed E-state index contributed by atoms with van der Waals surface area (Å²) < 4.78 is 0. The highest BCUT2D eigenvalue weighted by atomic mass is 35.5. The minimum absolute atomic E-state index is 0.132. The van der Waals surface area contributed by atoms with Gasteiger partial charge in [0.15, 0.2) is 0 Å². The third-order valence-corrected chi connectivity index (χ3v) is 3.53. The third kappa shape index (κ3) is 2.83. The van der Waals surface area contributed by atoms with Crippen molar-refractivity contribution in [1.82, 2.24) is 10.2 Å². The summed E-state index contributed by atoms with van der Waals surface area (Å²) in [6.45, 7) is 2.03. The lowest BCUT2D eigenvalue weighted by molar-refractivity contribution is -0.121. The maximum Gasteiger partial charge on any atom is 0.241 e. The Morgan fingerprint density at radius 2 is 2.06 bits per heavy atom. The largest absolute Gasteiger partial charge is 0.318 e. The summed E-state index contributed by atoms with van der Waals surface area (Å²) in [5.74, 6) is 0.132. The number of piperazine rings is 1. The van der Waals surface area contributed by atoms with Crippen LogP contribution in [0.2, 0.25) is 5.02 Å². The van der Waals surface area contributed by atoms with Gasteiger partial charge in [-0.05, 0) is 38.4 Å². The van der Waals surface area contributed by atoms with Gasteiger partial charge >= 0.3 is 0 Å². The molecule has 1 aromatic rings. The first kappa shape index (κ1) is 13.3. The number of likely N-dealkylation sites (N-methyl/N-ethyl adjacent to an activating group) is 2. The predicted octanol–water partition coefficient (Wildman–Crippen LogP) is 1.21. The van der Waals surface area contributed by atoms with E-state index in [0.717, 1.165) is 12.2 Å². The number of nitrogens with one attached hydrogen (secondary N) is 1. The lowest BCUT2D eigenvalue weighted by atomic mass is 10.1. The number of anilines is 1. The van der Waals surface area contributed by atoms with Crippen molar-refractivity contribution < 1.29 is 4.79 Å². The Bertz CT molecular complexity index is 421. The van der Waals surface area contributed by atoms with Crippen molar-refractivity contribution in [3.8, 4) is 0 Å². The molecule has 5 heteroatoms. The maximum atomic E-state index is 12.1. The van der Waals surface area contributed by atoms with E-state index in [2.05, 4.69) is 10.2 Å². The second kappa shape index (κ2) is 5.69. The predicted molar refractivity (Wildman–Crippen MR) is 74.1 cm³/mol. The summed E-state index contributed by atoms with van der Waals surface area (Å²) >= 11 is 5.87. The average molecular weight is 268 g/mol. The van der Waals surface area contributed by atoms with Crippen LogP contribution in [-0.2, 0) is 4.79 Å². The summed E-state index contributed by atoms with van der Waals surface area (Å²) in [4.78, 5) is 16.0. The van der Waals surface area contributed by atoms with Gasteiger partial charge in [0.1, 0.15) is 0 Å². The van der Waals surface area contributed by atoms with Crippen LogP contribution in [0, 0.1) is 0 Å². The fraction of sp³-hybridized carbons (Fsp3) is 0.462. The summed E-state index contributed by atoms with van der Waals surface area (Å²) in [5, 5.41) is 3.85. The molecule has 1 atom stereocenters. The Morgan fingerprint density at radius 3 is 2.67 bits per heavy atom. The van der Waals surface area contributed by atoms with Gasteiger partial charge < -0.3 is 10.2 Å². The average Bonchev–Trinajstić information content (AvgIpc) is 2.34. The Kier molecular flexibility index (Phi) is 4.22. The van der Waals surface area contributed by atoms with Gasteiger partial charge in [0.05, 0.1) is 6.54 Å². The molecular formula is C13H18ClN3O. The molecular weight excluding hydrogens is 250 g/mol. The lowest BCUT2D eigenvalue weighted by Gasteiger charge is -2.39. The molecule has 2 rings (SSSR count). The number of carbonyl (C=O) groups is 1. The van der Waals surface area contributed by atoms with Crippen LogP contribution in [0.1, 0.15) is 0 Å². The van der Waals surface area contributed by atoms with E-state index in [1.54, 1.807) is 0 Å². The van der Waals surface area contributed by atoms with E-state index < -0.39 is 0 Å². The smallest absolute Gasteiger partial charge is 0.241 e. The van der Waals surface area contributed by atoms with Crippen molar-refractivity contribution in [3.05, 3.63) is 29.3 Å². The topological polar surface area (TPSA) is 35.6 Å². The highest BCUT2D eigenvalue weighted by molar-refractivity contribution is 6.30. The van der Waals surface area contributed by atoms with Crippen molar-refractivity contribution in [2.24, 2.45) is 0 Å². The van der Waals surface area contributed by atoms with E-state index >= 15 is 0 Å². The monoisotopic (exact) mass is 267 g/mol. The van der Waals surface area contributed by atoms with Crippen molar-refractivity contribution >= 4 is 23.2 Å². The van der Waals surface area contributed by atoms with E-state index in [-0.39, 0.29) is 5.91 Å². The van der Waals surface area contributed by atoms with Crippen LogP contribution in [-0.4, -0.2) is 50.6 Å². The number of halogens is 1. The summed E-state index contributed by atoms with van der Waals surface area (Å²) in [7, 11) is 3.91. The number of hydrogen-bond donors (Lipinski definition) is 1. The molecule has 0 aliphatic carbocycles. The molecule has 1 amide bonds. The van der Waals surface area contributed by atoms with Crippen molar-refractivity contribution in [1.29, 1.82) is 0 Å². The van der Waals surface area contributed by atoms with E-state index in [1.165, 1.54) is 0 Å². The Labute approximate surface area is 113 Å². The third-order valence-electron chi connectivity index (χ3n) is 3.28. The molecule has 1 saturated heterocycles. The minimum atomic E-state index is 0.132. The van der Waals surface area contributed by atoms with Crippen LogP contribution in [0.25, 0.3) is 0 Å². The zero-order valence-corrected chi connectivity index (χ0v) is 11.4. The maximum absolute atomic E-state index is 12.1.